The van der Waals surface area contributed by atoms with Gasteiger partial charge in [-0.15, -0.1) is 0 Å². The quantitative estimate of drug-likeness (QED) is 0.240. The molecule has 2 saturated carbocycles. The molecule has 0 radical (unpaired) electrons. The molecule has 15 nitrogen and oxygen atoms in total. The third-order valence-electron chi connectivity index (χ3n) is 12.0. The van der Waals surface area contributed by atoms with E-state index < -0.39 is 11.9 Å². The third-order valence-corrected chi connectivity index (χ3v) is 12.0. The number of piperazine rings is 1. The van der Waals surface area contributed by atoms with Crippen molar-refractivity contribution in [1.29, 1.82) is 0 Å². The van der Waals surface area contributed by atoms with Crippen molar-refractivity contribution in [2.45, 2.75) is 82.1 Å². The number of nitrogens with zero attached hydrogens (tertiary/aromatic N) is 8. The summed E-state index contributed by atoms with van der Waals surface area (Å²) in [5.41, 5.74) is 3.88. The molecule has 9 rings (SSSR count). The zero-order valence-corrected chi connectivity index (χ0v) is 31.2. The summed E-state index contributed by atoms with van der Waals surface area (Å²) < 4.78 is 8.56. The molecule has 55 heavy (non-hydrogen) atoms. The number of piperidine rings is 1. The topological polar surface area (TPSA) is 158 Å². The first-order valence-electron chi connectivity index (χ1n) is 19.4. The van der Waals surface area contributed by atoms with Gasteiger partial charge >= 0.3 is 0 Å². The van der Waals surface area contributed by atoms with Crippen LogP contribution in [-0.4, -0.2) is 116 Å². The summed E-state index contributed by atoms with van der Waals surface area (Å²) >= 11 is 0. The molecule has 3 aromatic heterocycles. The number of pyridine rings is 1. The molecular weight excluding hydrogens is 701 g/mol. The molecular formula is C40H46N10O5. The van der Waals surface area contributed by atoms with Crippen LogP contribution in [0, 0.1) is 0 Å². The third kappa shape index (κ3) is 6.64. The predicted molar refractivity (Wildman–Crippen MR) is 204 cm³/mol. The largest absolute Gasteiger partial charge is 0.490 e. The summed E-state index contributed by atoms with van der Waals surface area (Å²) in [4.78, 5) is 72.6. The summed E-state index contributed by atoms with van der Waals surface area (Å²) in [6.07, 6.45) is 10.5. The Morgan fingerprint density at radius 3 is 2.47 bits per heavy atom. The average Bonchev–Trinajstić information content (AvgIpc) is 3.91. The first kappa shape index (κ1) is 35.2. The Balaban J connectivity index is 0.778. The van der Waals surface area contributed by atoms with Crippen molar-refractivity contribution < 1.29 is 23.9 Å². The minimum atomic E-state index is -0.644. The molecule has 2 aliphatic carbocycles. The molecule has 0 bridgehead atoms. The number of carbonyl (C=O) groups is 4. The number of ether oxygens (including phenoxy) is 1. The van der Waals surface area contributed by atoms with E-state index in [4.69, 9.17) is 14.7 Å². The van der Waals surface area contributed by atoms with Crippen LogP contribution in [0.1, 0.15) is 83.8 Å². The molecule has 2 saturated heterocycles. The second-order valence-electron chi connectivity index (χ2n) is 15.6. The molecule has 4 aromatic rings. The van der Waals surface area contributed by atoms with E-state index in [1.54, 1.807) is 36.2 Å². The zero-order chi connectivity index (χ0) is 37.8. The highest BCUT2D eigenvalue weighted by atomic mass is 16.5. The van der Waals surface area contributed by atoms with Gasteiger partial charge in [0.25, 0.3) is 11.8 Å². The lowest BCUT2D eigenvalue weighted by atomic mass is 9.87. The lowest BCUT2D eigenvalue weighted by Crippen LogP contribution is -2.56. The van der Waals surface area contributed by atoms with Crippen molar-refractivity contribution in [3.8, 4) is 5.75 Å². The van der Waals surface area contributed by atoms with Crippen LogP contribution in [0.3, 0.4) is 0 Å². The van der Waals surface area contributed by atoms with Gasteiger partial charge in [0.2, 0.25) is 17.8 Å². The van der Waals surface area contributed by atoms with Crippen molar-refractivity contribution >= 4 is 52.1 Å². The number of rotatable bonds is 9. The van der Waals surface area contributed by atoms with Crippen LogP contribution in [0.4, 0.5) is 17.5 Å². The number of hydrogen-bond donors (Lipinski definition) is 2. The fourth-order valence-electron chi connectivity index (χ4n) is 8.88. The van der Waals surface area contributed by atoms with Crippen LogP contribution in [0.5, 0.6) is 5.75 Å². The maximum atomic E-state index is 13.2. The second kappa shape index (κ2) is 14.3. The van der Waals surface area contributed by atoms with Gasteiger partial charge in [0.1, 0.15) is 35.1 Å². The van der Waals surface area contributed by atoms with E-state index in [9.17, 15) is 19.2 Å². The fraction of sp³-hybridized carbons (Fsp3) is 0.475. The summed E-state index contributed by atoms with van der Waals surface area (Å²) in [5.74, 6) is 0.884. The SMILES string of the molecule is CN(C)C(=O)c1cc2cnc(Nc3ccc(N4CCN(C5CC(Oc6cccc7c6CN([C@@H]6CCC(=O)NC6=O)C7=O)C5)CC4)cn3)nc2n1C1CCCC1. The average molecular weight is 747 g/mol. The van der Waals surface area contributed by atoms with E-state index in [0.29, 0.717) is 47.8 Å². The molecule has 6 heterocycles. The van der Waals surface area contributed by atoms with Crippen LogP contribution < -0.4 is 20.3 Å². The molecule has 0 spiro atoms. The van der Waals surface area contributed by atoms with E-state index in [1.165, 1.54) is 0 Å². The Hall–Kier alpha value is -5.57. The Morgan fingerprint density at radius 2 is 1.75 bits per heavy atom. The van der Waals surface area contributed by atoms with Gasteiger partial charge in [-0.1, -0.05) is 18.9 Å². The molecule has 4 amide bonds. The zero-order valence-electron chi connectivity index (χ0n) is 31.2. The van der Waals surface area contributed by atoms with Crippen molar-refractivity contribution in [2.75, 3.05) is 50.5 Å². The molecule has 2 N–H and O–H groups in total. The van der Waals surface area contributed by atoms with E-state index in [-0.39, 0.29) is 36.3 Å². The maximum absolute atomic E-state index is 13.2. The van der Waals surface area contributed by atoms with Crippen LogP contribution in [0.2, 0.25) is 0 Å². The summed E-state index contributed by atoms with van der Waals surface area (Å²) in [6.45, 7) is 3.99. The number of amides is 4. The smallest absolute Gasteiger partial charge is 0.270 e. The van der Waals surface area contributed by atoms with Crippen molar-refractivity contribution in [2.24, 2.45) is 0 Å². The molecule has 286 valence electrons. The molecule has 5 aliphatic rings. The number of hydrogen-bond acceptors (Lipinski definition) is 11. The van der Waals surface area contributed by atoms with Crippen molar-refractivity contribution in [3.63, 3.8) is 0 Å². The van der Waals surface area contributed by atoms with Crippen LogP contribution in [0.15, 0.2) is 48.8 Å². The van der Waals surface area contributed by atoms with Crippen LogP contribution in [0.25, 0.3) is 11.0 Å². The highest BCUT2D eigenvalue weighted by Gasteiger charge is 2.42. The second-order valence-corrected chi connectivity index (χ2v) is 15.6. The van der Waals surface area contributed by atoms with Crippen molar-refractivity contribution in [1.82, 2.24) is 39.5 Å². The molecule has 3 aliphatic heterocycles. The fourth-order valence-corrected chi connectivity index (χ4v) is 8.88. The summed E-state index contributed by atoms with van der Waals surface area (Å²) in [5, 5.41) is 6.49. The Bertz CT molecular complexity index is 2150. The van der Waals surface area contributed by atoms with Gasteiger partial charge in [-0.25, -0.2) is 9.97 Å². The van der Waals surface area contributed by atoms with Gasteiger partial charge < -0.3 is 29.3 Å². The van der Waals surface area contributed by atoms with E-state index in [2.05, 4.69) is 36.1 Å². The van der Waals surface area contributed by atoms with E-state index >= 15 is 0 Å². The number of benzene rings is 1. The minimum Gasteiger partial charge on any atom is -0.490 e. The lowest BCUT2D eigenvalue weighted by Gasteiger charge is -2.46. The molecule has 0 unspecified atom stereocenters. The number of aromatic nitrogens is 4. The standard InChI is InChI=1S/C40H46N10O5/c1-46(2)39(54)32-18-24-21-42-40(45-36(24)50(32)25-6-3-4-7-25)43-34-12-10-26(22-41-34)47-14-16-48(17-15-47)27-19-28(20-27)55-33-9-5-8-29-30(33)23-49(38(29)53)31-11-13-35(51)44-37(31)52/h5,8-10,12,18,21-22,25,27-28,31H,3-4,6-7,11,13-17,19-20,23H2,1-2H3,(H,44,51,52)(H,41,42,43,45)/t27?,28?,31-/m1/s1. The number of imide groups is 1. The van der Waals surface area contributed by atoms with Gasteiger partial charge in [-0.05, 0) is 49.6 Å². The van der Waals surface area contributed by atoms with Gasteiger partial charge in [-0.2, -0.15) is 4.98 Å². The minimum absolute atomic E-state index is 0.0308. The maximum Gasteiger partial charge on any atom is 0.270 e. The Kier molecular flexibility index (Phi) is 9.11. The van der Waals surface area contributed by atoms with Gasteiger partial charge in [0.05, 0.1) is 18.4 Å². The van der Waals surface area contributed by atoms with Crippen LogP contribution >= 0.6 is 0 Å². The molecule has 15 heteroatoms. The number of carbonyl (C=O) groups excluding carboxylic acids is 4. The Labute approximate surface area is 319 Å². The molecule has 1 aromatic carbocycles. The number of fused-ring (bicyclic) bond motifs is 2. The van der Waals surface area contributed by atoms with Gasteiger partial charge in [-0.3, -0.25) is 29.4 Å². The highest BCUT2D eigenvalue weighted by molar-refractivity contribution is 6.05. The van der Waals surface area contributed by atoms with Gasteiger partial charge in [0, 0.05) is 94.3 Å². The highest BCUT2D eigenvalue weighted by Crippen LogP contribution is 2.38. The first-order chi connectivity index (χ1) is 26.7. The van der Waals surface area contributed by atoms with Crippen molar-refractivity contribution in [3.05, 3.63) is 65.6 Å². The van der Waals surface area contributed by atoms with Crippen LogP contribution in [-0.2, 0) is 16.1 Å². The lowest BCUT2D eigenvalue weighted by molar-refractivity contribution is -0.136. The van der Waals surface area contributed by atoms with E-state index in [1.807, 2.05) is 30.5 Å². The number of nitrogens with one attached hydrogen (secondary N) is 2. The van der Waals surface area contributed by atoms with E-state index in [0.717, 1.165) is 87.0 Å². The summed E-state index contributed by atoms with van der Waals surface area (Å²) in [6, 6.07) is 11.5. The predicted octanol–water partition coefficient (Wildman–Crippen LogP) is 3.88. The first-order valence-corrected chi connectivity index (χ1v) is 19.4. The number of anilines is 3. The Morgan fingerprint density at radius 1 is 0.945 bits per heavy atom. The van der Waals surface area contributed by atoms with Gasteiger partial charge in [0.15, 0.2) is 0 Å². The monoisotopic (exact) mass is 746 g/mol. The molecule has 4 fully saturated rings. The normalized spacial score (nSPS) is 23.2. The molecule has 1 atom stereocenters. The summed E-state index contributed by atoms with van der Waals surface area (Å²) in [7, 11) is 3.55.